The summed E-state index contributed by atoms with van der Waals surface area (Å²) in [6.45, 7) is 0.718. The van der Waals surface area contributed by atoms with Gasteiger partial charge in [-0.25, -0.2) is 4.98 Å². The van der Waals surface area contributed by atoms with E-state index in [9.17, 15) is 9.59 Å². The minimum Gasteiger partial charge on any atom is -0.497 e. The molecule has 1 N–H and O–H groups in total. The summed E-state index contributed by atoms with van der Waals surface area (Å²) in [4.78, 5) is 31.3. The summed E-state index contributed by atoms with van der Waals surface area (Å²) in [7, 11) is 1.60. The summed E-state index contributed by atoms with van der Waals surface area (Å²) < 4.78 is 6.40. The quantitative estimate of drug-likeness (QED) is 0.752. The van der Waals surface area contributed by atoms with Crippen LogP contribution in [0.15, 0.2) is 41.3 Å². The first-order valence-corrected chi connectivity index (χ1v) is 9.04. The van der Waals surface area contributed by atoms with Gasteiger partial charge in [0.2, 0.25) is 16.0 Å². The van der Waals surface area contributed by atoms with Gasteiger partial charge in [-0.2, -0.15) is 4.52 Å². The first-order valence-electron chi connectivity index (χ1n) is 8.22. The van der Waals surface area contributed by atoms with E-state index in [1.165, 1.54) is 28.1 Å². The number of anilines is 2. The number of carbonyl (C=O) groups excluding carboxylic acids is 1. The van der Waals surface area contributed by atoms with Crippen LogP contribution < -0.4 is 20.5 Å². The average molecular weight is 371 g/mol. The number of aromatic nitrogens is 3. The summed E-state index contributed by atoms with van der Waals surface area (Å²) >= 11 is 1.31. The molecule has 9 heteroatoms. The lowest BCUT2D eigenvalue weighted by molar-refractivity contribution is -0.117. The highest BCUT2D eigenvalue weighted by Gasteiger charge is 2.33. The summed E-state index contributed by atoms with van der Waals surface area (Å²) in [5.41, 5.74) is 0.487. The number of hydrogen-bond donors (Lipinski definition) is 1. The molecule has 3 aromatic rings. The second-order valence-corrected chi connectivity index (χ2v) is 6.87. The molecule has 1 aliphatic heterocycles. The Kier molecular flexibility index (Phi) is 4.29. The molecule has 0 aliphatic carbocycles. The number of nitrogens with one attached hydrogen (secondary N) is 1. The van der Waals surface area contributed by atoms with Crippen LogP contribution in [0.2, 0.25) is 0 Å². The smallest absolute Gasteiger partial charge is 0.275 e. The van der Waals surface area contributed by atoms with Crippen LogP contribution in [0.4, 0.5) is 10.8 Å². The highest BCUT2D eigenvalue weighted by atomic mass is 32.1. The van der Waals surface area contributed by atoms with E-state index in [2.05, 4.69) is 15.4 Å². The first-order chi connectivity index (χ1) is 12.7. The monoisotopic (exact) mass is 371 g/mol. The second kappa shape index (κ2) is 6.75. The molecule has 1 amide bonds. The largest absolute Gasteiger partial charge is 0.497 e. The van der Waals surface area contributed by atoms with Gasteiger partial charge >= 0.3 is 0 Å². The summed E-state index contributed by atoms with van der Waals surface area (Å²) in [5.74, 6) is 0.644. The van der Waals surface area contributed by atoms with Crippen molar-refractivity contribution in [3.63, 3.8) is 0 Å². The van der Waals surface area contributed by atoms with Crippen LogP contribution in [0.3, 0.4) is 0 Å². The summed E-state index contributed by atoms with van der Waals surface area (Å²) in [5, 5.41) is 7.92. The van der Waals surface area contributed by atoms with E-state index in [4.69, 9.17) is 4.74 Å². The molecule has 26 heavy (non-hydrogen) atoms. The van der Waals surface area contributed by atoms with Gasteiger partial charge in [0.1, 0.15) is 11.8 Å². The lowest BCUT2D eigenvalue weighted by Gasteiger charge is -2.22. The van der Waals surface area contributed by atoms with E-state index in [1.807, 2.05) is 4.90 Å². The molecule has 1 unspecified atom stereocenters. The van der Waals surface area contributed by atoms with Crippen molar-refractivity contribution in [2.24, 2.45) is 0 Å². The fraction of sp³-hybridized carbons (Fsp3) is 0.294. The Morgan fingerprint density at radius 1 is 1.31 bits per heavy atom. The topological polar surface area (TPSA) is 88.8 Å². The van der Waals surface area contributed by atoms with E-state index < -0.39 is 0 Å². The average Bonchev–Trinajstić information content (AvgIpc) is 3.29. The number of carbonyl (C=O) groups is 1. The Morgan fingerprint density at radius 2 is 2.12 bits per heavy atom. The number of methoxy groups -OCH3 is 1. The van der Waals surface area contributed by atoms with Gasteiger partial charge in [-0.05, 0) is 37.1 Å². The van der Waals surface area contributed by atoms with Crippen LogP contribution >= 0.6 is 11.3 Å². The Balaban J connectivity index is 1.55. The Labute approximate surface area is 153 Å². The van der Waals surface area contributed by atoms with Gasteiger partial charge < -0.3 is 15.0 Å². The Hall–Kier alpha value is -2.94. The summed E-state index contributed by atoms with van der Waals surface area (Å²) in [6, 6.07) is 8.25. The number of amides is 1. The van der Waals surface area contributed by atoms with Gasteiger partial charge in [-0.1, -0.05) is 11.3 Å². The maximum Gasteiger partial charge on any atom is 0.275 e. The molecule has 134 valence electrons. The fourth-order valence-electron chi connectivity index (χ4n) is 3.02. The molecule has 1 aliphatic rings. The van der Waals surface area contributed by atoms with Crippen LogP contribution in [0.1, 0.15) is 12.8 Å². The molecule has 1 fully saturated rings. The van der Waals surface area contributed by atoms with Crippen molar-refractivity contribution < 1.29 is 9.53 Å². The lowest BCUT2D eigenvalue weighted by atomic mass is 10.2. The standard InChI is InChI=1S/C17H17N5O3S/c1-25-12-6-4-11(5-7-12)19-15(24)13-3-2-10-21(13)17-20-22-14(23)8-9-18-16(22)26-17/h4-9,13H,2-3,10H2,1H3,(H,19,24). The van der Waals surface area contributed by atoms with Crippen LogP contribution in [0.25, 0.3) is 4.96 Å². The number of fused-ring (bicyclic) bond motifs is 1. The summed E-state index contributed by atoms with van der Waals surface area (Å²) in [6.07, 6.45) is 3.09. The molecule has 0 spiro atoms. The molecule has 8 nitrogen and oxygen atoms in total. The van der Waals surface area contributed by atoms with Crippen molar-refractivity contribution >= 4 is 33.0 Å². The second-order valence-electron chi connectivity index (χ2n) is 5.93. The number of hydrogen-bond acceptors (Lipinski definition) is 7. The molecule has 1 saturated heterocycles. The third kappa shape index (κ3) is 3.01. The lowest BCUT2D eigenvalue weighted by Crippen LogP contribution is -2.39. The Bertz CT molecular complexity index is 998. The molecule has 4 rings (SSSR count). The third-order valence-corrected chi connectivity index (χ3v) is 5.28. The molecule has 1 aromatic carbocycles. The highest BCUT2D eigenvalue weighted by Crippen LogP contribution is 2.29. The molecular formula is C17H17N5O3S. The van der Waals surface area contributed by atoms with E-state index in [0.29, 0.717) is 15.8 Å². The number of nitrogens with zero attached hydrogens (tertiary/aromatic N) is 4. The van der Waals surface area contributed by atoms with Crippen LogP contribution in [-0.4, -0.2) is 40.2 Å². The van der Waals surface area contributed by atoms with E-state index in [0.717, 1.165) is 25.1 Å². The minimum absolute atomic E-state index is 0.0905. The van der Waals surface area contributed by atoms with Crippen molar-refractivity contribution in [3.05, 3.63) is 46.9 Å². The van der Waals surface area contributed by atoms with Crippen LogP contribution in [0.5, 0.6) is 5.75 Å². The van der Waals surface area contributed by atoms with Gasteiger partial charge in [-0.3, -0.25) is 9.59 Å². The zero-order valence-electron chi connectivity index (χ0n) is 14.1. The fourth-order valence-corrected chi connectivity index (χ4v) is 3.97. The van der Waals surface area contributed by atoms with Crippen molar-refractivity contribution in [1.29, 1.82) is 0 Å². The normalized spacial score (nSPS) is 16.8. The number of benzene rings is 1. The first kappa shape index (κ1) is 16.5. The third-order valence-electron chi connectivity index (χ3n) is 4.32. The van der Waals surface area contributed by atoms with Crippen LogP contribution in [0, 0.1) is 0 Å². The molecule has 0 bridgehead atoms. The zero-order valence-corrected chi connectivity index (χ0v) is 14.9. The number of ether oxygens (including phenoxy) is 1. The SMILES string of the molecule is COc1ccc(NC(=O)C2CCCN2c2nn3c(=O)ccnc3s2)cc1. The molecule has 2 aromatic heterocycles. The van der Waals surface area contributed by atoms with Gasteiger partial charge in [0.25, 0.3) is 5.56 Å². The van der Waals surface area contributed by atoms with Crippen molar-refractivity contribution in [3.8, 4) is 5.75 Å². The van der Waals surface area contributed by atoms with Gasteiger partial charge in [0, 0.05) is 24.5 Å². The number of rotatable bonds is 4. The predicted molar refractivity (Wildman–Crippen MR) is 99.1 cm³/mol. The van der Waals surface area contributed by atoms with Gasteiger partial charge in [0.05, 0.1) is 7.11 Å². The van der Waals surface area contributed by atoms with E-state index >= 15 is 0 Å². The molecule has 1 atom stereocenters. The molecular weight excluding hydrogens is 354 g/mol. The maximum atomic E-state index is 12.7. The van der Waals surface area contributed by atoms with E-state index in [-0.39, 0.29) is 17.5 Å². The molecule has 0 saturated carbocycles. The minimum atomic E-state index is -0.326. The Morgan fingerprint density at radius 3 is 2.85 bits per heavy atom. The predicted octanol–water partition coefficient (Wildman–Crippen LogP) is 1.77. The molecule has 0 radical (unpaired) electrons. The zero-order chi connectivity index (χ0) is 18.1. The van der Waals surface area contributed by atoms with Gasteiger partial charge in [0.15, 0.2) is 0 Å². The van der Waals surface area contributed by atoms with Crippen molar-refractivity contribution in [2.45, 2.75) is 18.9 Å². The van der Waals surface area contributed by atoms with E-state index in [1.54, 1.807) is 31.4 Å². The highest BCUT2D eigenvalue weighted by molar-refractivity contribution is 7.20. The maximum absolute atomic E-state index is 12.7. The van der Waals surface area contributed by atoms with Gasteiger partial charge in [-0.15, -0.1) is 5.10 Å². The van der Waals surface area contributed by atoms with Crippen LogP contribution in [-0.2, 0) is 4.79 Å². The molecule has 3 heterocycles. The van der Waals surface area contributed by atoms with Crippen molar-refractivity contribution in [2.75, 3.05) is 23.9 Å². The van der Waals surface area contributed by atoms with Crippen molar-refractivity contribution in [1.82, 2.24) is 14.6 Å².